The average Bonchev–Trinajstić information content (AvgIpc) is 2.90. The number of carbonyl (C=O) groups is 2. The number of thiocarbonyl (C=S) groups is 1. The maximum absolute atomic E-state index is 13.4. The first kappa shape index (κ1) is 26.9. The second-order valence-corrected chi connectivity index (χ2v) is 8.45. The minimum Gasteiger partial charge on any atom is -0.352 e. The van der Waals surface area contributed by atoms with Crippen LogP contribution in [0.2, 0.25) is 0 Å². The summed E-state index contributed by atoms with van der Waals surface area (Å²) in [5.41, 5.74) is 6.25. The Balaban J connectivity index is 1.43. The van der Waals surface area contributed by atoms with Crippen LogP contribution in [0.3, 0.4) is 0 Å². The van der Waals surface area contributed by atoms with Crippen molar-refractivity contribution in [3.05, 3.63) is 107 Å². The summed E-state index contributed by atoms with van der Waals surface area (Å²) in [6.45, 7) is 0.784. The van der Waals surface area contributed by atoms with Gasteiger partial charge in [-0.25, -0.2) is 9.87 Å². The van der Waals surface area contributed by atoms with Gasteiger partial charge in [0.25, 0.3) is 5.91 Å². The lowest BCUT2D eigenvalue weighted by Crippen LogP contribution is -2.25. The first-order valence-electron chi connectivity index (χ1n) is 11.8. The van der Waals surface area contributed by atoms with E-state index in [1.165, 1.54) is 12.1 Å². The second kappa shape index (κ2) is 14.7. The van der Waals surface area contributed by atoms with E-state index >= 15 is 0 Å². The van der Waals surface area contributed by atoms with Gasteiger partial charge in [-0.15, -0.1) is 0 Å². The number of amides is 2. The Morgan fingerprint density at radius 2 is 1.56 bits per heavy atom. The highest BCUT2D eigenvalue weighted by molar-refractivity contribution is 7.79. The largest absolute Gasteiger partial charge is 0.352 e. The van der Waals surface area contributed by atoms with Gasteiger partial charge in [-0.1, -0.05) is 85.4 Å². The van der Waals surface area contributed by atoms with Crippen molar-refractivity contribution in [2.75, 3.05) is 6.54 Å². The number of nitrogens with one attached hydrogen (secondary N) is 2. The van der Waals surface area contributed by atoms with Gasteiger partial charge in [0.1, 0.15) is 5.82 Å². The summed E-state index contributed by atoms with van der Waals surface area (Å²) in [5, 5.41) is 4.52. The quantitative estimate of drug-likeness (QED) is 0.104. The first-order chi connectivity index (χ1) is 17.5. The molecule has 7 heteroatoms. The van der Waals surface area contributed by atoms with Crippen molar-refractivity contribution >= 4 is 41.0 Å². The van der Waals surface area contributed by atoms with Crippen molar-refractivity contribution in [1.82, 2.24) is 10.8 Å². The third-order valence-corrected chi connectivity index (χ3v) is 5.69. The number of unbranched alkanes of at least 4 members (excludes halogenated alkanes) is 2. The number of hydroxylamine groups is 1. The van der Waals surface area contributed by atoms with Crippen LogP contribution in [-0.4, -0.2) is 23.7 Å². The lowest BCUT2D eigenvalue weighted by Gasteiger charge is -2.10. The molecule has 3 rings (SSSR count). The summed E-state index contributed by atoms with van der Waals surface area (Å²) in [4.78, 5) is 30.1. The number of hydrogen-bond donors (Lipinski definition) is 2. The van der Waals surface area contributed by atoms with Gasteiger partial charge >= 0.3 is 0 Å². The van der Waals surface area contributed by atoms with Gasteiger partial charge in [0.2, 0.25) is 5.91 Å². The van der Waals surface area contributed by atoms with Crippen molar-refractivity contribution in [2.45, 2.75) is 32.3 Å². The fourth-order valence-electron chi connectivity index (χ4n) is 3.46. The molecule has 0 unspecified atom stereocenters. The molecule has 186 valence electrons. The summed E-state index contributed by atoms with van der Waals surface area (Å²) < 4.78 is 13.4. The Morgan fingerprint density at radius 1 is 0.861 bits per heavy atom. The average molecular weight is 505 g/mol. The van der Waals surface area contributed by atoms with E-state index in [0.29, 0.717) is 37.1 Å². The fraction of sp³-hybridized carbons (Fsp3) is 0.207. The normalized spacial score (nSPS) is 11.1. The number of halogens is 1. The van der Waals surface area contributed by atoms with Crippen LogP contribution in [0.5, 0.6) is 0 Å². The SMILES string of the molecule is O=C(CCCCCNC(=O)C(=Cc1ccc(C=S)cc1)c1ccc(F)cc1)NOCc1ccccc1. The summed E-state index contributed by atoms with van der Waals surface area (Å²) in [6, 6.07) is 23.0. The van der Waals surface area contributed by atoms with Crippen molar-refractivity contribution < 1.29 is 18.8 Å². The Bertz CT molecular complexity index is 1160. The van der Waals surface area contributed by atoms with E-state index in [9.17, 15) is 14.0 Å². The highest BCUT2D eigenvalue weighted by Gasteiger charge is 2.12. The molecule has 0 fully saturated rings. The monoisotopic (exact) mass is 504 g/mol. The van der Waals surface area contributed by atoms with E-state index in [1.807, 2.05) is 54.6 Å². The molecule has 0 aliphatic rings. The molecule has 3 aromatic rings. The van der Waals surface area contributed by atoms with Crippen LogP contribution < -0.4 is 10.8 Å². The highest BCUT2D eigenvalue weighted by atomic mass is 32.1. The molecule has 0 bridgehead atoms. The van der Waals surface area contributed by atoms with Crippen LogP contribution in [0.4, 0.5) is 4.39 Å². The topological polar surface area (TPSA) is 67.4 Å². The van der Waals surface area contributed by atoms with Crippen LogP contribution in [-0.2, 0) is 21.0 Å². The molecule has 0 saturated heterocycles. The molecule has 0 radical (unpaired) electrons. The third kappa shape index (κ3) is 9.17. The predicted molar refractivity (Wildman–Crippen MR) is 144 cm³/mol. The molecule has 0 heterocycles. The van der Waals surface area contributed by atoms with Gasteiger partial charge in [-0.05, 0) is 53.3 Å². The number of benzene rings is 3. The van der Waals surface area contributed by atoms with E-state index in [0.717, 1.165) is 29.5 Å². The van der Waals surface area contributed by atoms with Crippen LogP contribution in [0.1, 0.15) is 47.9 Å². The molecule has 36 heavy (non-hydrogen) atoms. The van der Waals surface area contributed by atoms with Gasteiger partial charge in [-0.2, -0.15) is 0 Å². The Hall–Kier alpha value is -3.68. The van der Waals surface area contributed by atoms with E-state index in [1.54, 1.807) is 23.6 Å². The number of hydrogen-bond acceptors (Lipinski definition) is 4. The van der Waals surface area contributed by atoms with Gasteiger partial charge in [0, 0.05) is 23.9 Å². The van der Waals surface area contributed by atoms with Crippen molar-refractivity contribution in [1.29, 1.82) is 0 Å². The van der Waals surface area contributed by atoms with E-state index in [2.05, 4.69) is 10.8 Å². The minimum atomic E-state index is -0.363. The molecular formula is C29H29FN2O3S. The number of carbonyl (C=O) groups excluding carboxylic acids is 2. The van der Waals surface area contributed by atoms with Crippen molar-refractivity contribution in [3.63, 3.8) is 0 Å². The smallest absolute Gasteiger partial charge is 0.251 e. The Morgan fingerprint density at radius 3 is 2.25 bits per heavy atom. The lowest BCUT2D eigenvalue weighted by molar-refractivity contribution is -0.134. The van der Waals surface area contributed by atoms with Gasteiger partial charge in [0.05, 0.1) is 6.61 Å². The molecule has 0 spiro atoms. The van der Waals surface area contributed by atoms with Gasteiger partial charge in [-0.3, -0.25) is 14.4 Å². The first-order valence-corrected chi connectivity index (χ1v) is 12.3. The predicted octanol–water partition coefficient (Wildman–Crippen LogP) is 5.64. The summed E-state index contributed by atoms with van der Waals surface area (Å²) in [6.07, 6.45) is 4.31. The Labute approximate surface area is 216 Å². The molecule has 2 N–H and O–H groups in total. The molecule has 3 aromatic carbocycles. The van der Waals surface area contributed by atoms with Gasteiger partial charge in [0.15, 0.2) is 0 Å². The lowest BCUT2D eigenvalue weighted by atomic mass is 10.0. The van der Waals surface area contributed by atoms with E-state index < -0.39 is 0 Å². The zero-order chi connectivity index (χ0) is 25.6. The molecule has 0 saturated carbocycles. The molecule has 0 aromatic heterocycles. The minimum absolute atomic E-state index is 0.170. The fourth-order valence-corrected chi connectivity index (χ4v) is 3.61. The van der Waals surface area contributed by atoms with Gasteiger partial charge < -0.3 is 5.32 Å². The zero-order valence-corrected chi connectivity index (χ0v) is 20.7. The molecule has 5 nitrogen and oxygen atoms in total. The molecule has 2 amide bonds. The molecule has 0 atom stereocenters. The molecular weight excluding hydrogens is 475 g/mol. The van der Waals surface area contributed by atoms with Crippen LogP contribution in [0.25, 0.3) is 11.6 Å². The summed E-state index contributed by atoms with van der Waals surface area (Å²) >= 11 is 4.94. The van der Waals surface area contributed by atoms with Crippen LogP contribution in [0.15, 0.2) is 78.9 Å². The second-order valence-electron chi connectivity index (χ2n) is 8.22. The summed E-state index contributed by atoms with van der Waals surface area (Å²) in [5.74, 6) is -0.776. The summed E-state index contributed by atoms with van der Waals surface area (Å²) in [7, 11) is 0. The number of rotatable bonds is 13. The van der Waals surface area contributed by atoms with Crippen LogP contribution >= 0.6 is 12.2 Å². The van der Waals surface area contributed by atoms with Crippen molar-refractivity contribution in [2.24, 2.45) is 0 Å². The van der Waals surface area contributed by atoms with E-state index in [-0.39, 0.29) is 17.6 Å². The van der Waals surface area contributed by atoms with Crippen LogP contribution in [0, 0.1) is 5.82 Å². The highest BCUT2D eigenvalue weighted by Crippen LogP contribution is 2.20. The molecule has 0 aliphatic heterocycles. The maximum Gasteiger partial charge on any atom is 0.251 e. The third-order valence-electron chi connectivity index (χ3n) is 5.42. The van der Waals surface area contributed by atoms with E-state index in [4.69, 9.17) is 17.1 Å². The maximum atomic E-state index is 13.4. The Kier molecular flexibility index (Phi) is 11.0. The molecule has 0 aliphatic carbocycles. The standard InChI is InChI=1S/C29H29FN2O3S/c30-26-16-14-25(15-17-26)27(19-22-10-12-24(21-36)13-11-22)29(34)31-18-6-2-5-9-28(33)32-35-20-23-7-3-1-4-8-23/h1,3-4,7-8,10-17,19,21H,2,5-6,9,18,20H2,(H,31,34)(H,32,33). The zero-order valence-electron chi connectivity index (χ0n) is 19.9. The van der Waals surface area contributed by atoms with Crippen molar-refractivity contribution in [3.8, 4) is 0 Å².